The molecule has 0 aromatic heterocycles. The van der Waals surface area contributed by atoms with Gasteiger partial charge in [0.1, 0.15) is 0 Å². The van der Waals surface area contributed by atoms with Crippen molar-refractivity contribution in [2.45, 2.75) is 32.7 Å². The number of likely N-dealkylation sites (tertiary alicyclic amines) is 1. The van der Waals surface area contributed by atoms with E-state index in [-0.39, 0.29) is 6.03 Å². The molecule has 0 spiro atoms. The van der Waals surface area contributed by atoms with Crippen LogP contribution >= 0.6 is 0 Å². The molecule has 1 fully saturated rings. The first-order valence-electron chi connectivity index (χ1n) is 7.09. The Labute approximate surface area is 115 Å². The third-order valence-electron chi connectivity index (χ3n) is 3.56. The number of nitrogens with zero attached hydrogens (tertiary/aromatic N) is 2. The molecule has 1 aromatic rings. The van der Waals surface area contributed by atoms with Crippen molar-refractivity contribution in [2.24, 2.45) is 0 Å². The zero-order chi connectivity index (χ0) is 13.7. The number of carbonyl (C=O) groups excluding carboxylic acids is 1. The molecular formula is C15H23N3O. The van der Waals surface area contributed by atoms with Crippen LogP contribution in [0.25, 0.3) is 0 Å². The minimum absolute atomic E-state index is 0.155. The van der Waals surface area contributed by atoms with Crippen molar-refractivity contribution in [3.63, 3.8) is 0 Å². The zero-order valence-electron chi connectivity index (χ0n) is 11.6. The summed E-state index contributed by atoms with van der Waals surface area (Å²) >= 11 is 0. The Morgan fingerprint density at radius 1 is 1.32 bits per heavy atom. The fourth-order valence-electron chi connectivity index (χ4n) is 2.50. The van der Waals surface area contributed by atoms with Crippen LogP contribution in [0.2, 0.25) is 0 Å². The summed E-state index contributed by atoms with van der Waals surface area (Å²) in [4.78, 5) is 16.3. The van der Waals surface area contributed by atoms with E-state index in [0.29, 0.717) is 6.54 Å². The summed E-state index contributed by atoms with van der Waals surface area (Å²) in [6.45, 7) is 5.27. The second kappa shape index (κ2) is 6.45. The molecule has 104 valence electrons. The van der Waals surface area contributed by atoms with Gasteiger partial charge in [0.25, 0.3) is 0 Å². The van der Waals surface area contributed by atoms with Gasteiger partial charge in [0.05, 0.1) is 0 Å². The number of nitrogens with two attached hydrogens (primary N) is 1. The summed E-state index contributed by atoms with van der Waals surface area (Å²) in [5, 5.41) is 0. The fourth-order valence-corrected chi connectivity index (χ4v) is 2.50. The summed E-state index contributed by atoms with van der Waals surface area (Å²) < 4.78 is 0. The molecule has 0 atom stereocenters. The first kappa shape index (κ1) is 13.7. The van der Waals surface area contributed by atoms with Crippen molar-refractivity contribution in [3.05, 3.63) is 29.8 Å². The first-order chi connectivity index (χ1) is 9.22. The lowest BCUT2D eigenvalue weighted by molar-refractivity contribution is 0.160. The highest BCUT2D eigenvalue weighted by atomic mass is 16.2. The maximum Gasteiger partial charge on any atom is 0.320 e. The molecule has 2 N–H and O–H groups in total. The van der Waals surface area contributed by atoms with Crippen LogP contribution in [0.3, 0.4) is 0 Å². The summed E-state index contributed by atoms with van der Waals surface area (Å²) in [5.41, 5.74) is 7.76. The van der Waals surface area contributed by atoms with Gasteiger partial charge in [0.2, 0.25) is 0 Å². The Morgan fingerprint density at radius 2 is 2.00 bits per heavy atom. The van der Waals surface area contributed by atoms with E-state index in [1.54, 1.807) is 0 Å². The van der Waals surface area contributed by atoms with Crippen molar-refractivity contribution in [3.8, 4) is 0 Å². The van der Waals surface area contributed by atoms with Gasteiger partial charge in [-0.3, -0.25) is 0 Å². The van der Waals surface area contributed by atoms with E-state index in [4.69, 9.17) is 5.73 Å². The predicted molar refractivity (Wildman–Crippen MR) is 77.8 cm³/mol. The van der Waals surface area contributed by atoms with Gasteiger partial charge >= 0.3 is 6.03 Å². The van der Waals surface area contributed by atoms with Crippen molar-refractivity contribution in [1.82, 2.24) is 9.80 Å². The molecule has 1 aliphatic rings. The smallest absolute Gasteiger partial charge is 0.320 e. The van der Waals surface area contributed by atoms with E-state index in [9.17, 15) is 4.79 Å². The van der Waals surface area contributed by atoms with E-state index in [0.717, 1.165) is 50.1 Å². The van der Waals surface area contributed by atoms with Crippen LogP contribution in [-0.4, -0.2) is 35.5 Å². The Balaban J connectivity index is 2.07. The molecule has 0 bridgehead atoms. The maximum atomic E-state index is 12.5. The van der Waals surface area contributed by atoms with E-state index in [2.05, 4.69) is 6.92 Å². The average Bonchev–Trinajstić information content (AvgIpc) is 2.94. The zero-order valence-corrected chi connectivity index (χ0v) is 11.6. The lowest BCUT2D eigenvalue weighted by Crippen LogP contribution is -2.41. The third kappa shape index (κ3) is 3.40. The minimum atomic E-state index is 0.155. The highest BCUT2D eigenvalue weighted by Crippen LogP contribution is 2.17. The van der Waals surface area contributed by atoms with Crippen LogP contribution in [0.5, 0.6) is 0 Å². The van der Waals surface area contributed by atoms with Crippen molar-refractivity contribution in [1.29, 1.82) is 0 Å². The predicted octanol–water partition coefficient (Wildman–Crippen LogP) is 2.70. The van der Waals surface area contributed by atoms with Crippen molar-refractivity contribution >= 4 is 11.7 Å². The monoisotopic (exact) mass is 261 g/mol. The Morgan fingerprint density at radius 3 is 2.63 bits per heavy atom. The highest BCUT2D eigenvalue weighted by molar-refractivity contribution is 5.75. The summed E-state index contributed by atoms with van der Waals surface area (Å²) in [7, 11) is 0. The molecule has 4 nitrogen and oxygen atoms in total. The van der Waals surface area contributed by atoms with Gasteiger partial charge in [-0.05, 0) is 30.9 Å². The number of anilines is 1. The maximum absolute atomic E-state index is 12.5. The Bertz CT molecular complexity index is 427. The van der Waals surface area contributed by atoms with Gasteiger partial charge in [-0.2, -0.15) is 0 Å². The topological polar surface area (TPSA) is 49.6 Å². The Hall–Kier alpha value is -1.71. The number of urea groups is 1. The SMILES string of the molecule is CCCN(Cc1ccccc1N)C(=O)N1CCCC1. The highest BCUT2D eigenvalue weighted by Gasteiger charge is 2.23. The second-order valence-corrected chi connectivity index (χ2v) is 5.10. The van der Waals surface area contributed by atoms with Gasteiger partial charge in [0, 0.05) is 31.9 Å². The van der Waals surface area contributed by atoms with Crippen LogP contribution in [0.4, 0.5) is 10.5 Å². The number of hydrogen-bond acceptors (Lipinski definition) is 2. The van der Waals surface area contributed by atoms with Crippen LogP contribution in [0.15, 0.2) is 24.3 Å². The molecular weight excluding hydrogens is 238 g/mol. The standard InChI is InChI=1S/C15H23N3O/c1-2-9-18(15(19)17-10-5-6-11-17)12-13-7-3-4-8-14(13)16/h3-4,7-8H,2,5-6,9-12,16H2,1H3. The van der Waals surface area contributed by atoms with E-state index in [1.807, 2.05) is 34.1 Å². The van der Waals surface area contributed by atoms with Gasteiger partial charge in [-0.1, -0.05) is 25.1 Å². The lowest BCUT2D eigenvalue weighted by atomic mass is 10.1. The summed E-state index contributed by atoms with van der Waals surface area (Å²) in [6.07, 6.45) is 3.21. The lowest BCUT2D eigenvalue weighted by Gasteiger charge is -2.28. The third-order valence-corrected chi connectivity index (χ3v) is 3.56. The molecule has 2 amide bonds. The van der Waals surface area contributed by atoms with E-state index >= 15 is 0 Å². The largest absolute Gasteiger partial charge is 0.398 e. The van der Waals surface area contributed by atoms with E-state index in [1.165, 1.54) is 0 Å². The normalized spacial score (nSPS) is 14.7. The number of benzene rings is 1. The molecule has 1 saturated heterocycles. The van der Waals surface area contributed by atoms with Gasteiger partial charge < -0.3 is 15.5 Å². The van der Waals surface area contributed by atoms with Crippen LogP contribution in [-0.2, 0) is 6.54 Å². The van der Waals surface area contributed by atoms with Crippen molar-refractivity contribution in [2.75, 3.05) is 25.4 Å². The van der Waals surface area contributed by atoms with Gasteiger partial charge in [-0.25, -0.2) is 4.79 Å². The molecule has 1 aliphatic heterocycles. The second-order valence-electron chi connectivity index (χ2n) is 5.10. The molecule has 0 aliphatic carbocycles. The molecule has 0 radical (unpaired) electrons. The molecule has 0 unspecified atom stereocenters. The van der Waals surface area contributed by atoms with Gasteiger partial charge in [0.15, 0.2) is 0 Å². The molecule has 0 saturated carbocycles. The quantitative estimate of drug-likeness (QED) is 0.847. The molecule has 1 heterocycles. The van der Waals surface area contributed by atoms with Crippen molar-refractivity contribution < 1.29 is 4.79 Å². The average molecular weight is 261 g/mol. The van der Waals surface area contributed by atoms with Crippen LogP contribution < -0.4 is 5.73 Å². The number of nitrogen functional groups attached to an aromatic ring is 1. The van der Waals surface area contributed by atoms with E-state index < -0.39 is 0 Å². The van der Waals surface area contributed by atoms with Crippen LogP contribution in [0, 0.1) is 0 Å². The summed E-state index contributed by atoms with van der Waals surface area (Å²) in [5.74, 6) is 0. The fraction of sp³-hybridized carbons (Fsp3) is 0.533. The number of para-hydroxylation sites is 1. The molecule has 4 heteroatoms. The number of amides is 2. The Kier molecular flexibility index (Phi) is 4.66. The number of carbonyl (C=O) groups is 1. The molecule has 19 heavy (non-hydrogen) atoms. The van der Waals surface area contributed by atoms with Crippen LogP contribution in [0.1, 0.15) is 31.7 Å². The minimum Gasteiger partial charge on any atom is -0.398 e. The number of rotatable bonds is 4. The molecule has 1 aromatic carbocycles. The number of hydrogen-bond donors (Lipinski definition) is 1. The summed E-state index contributed by atoms with van der Waals surface area (Å²) in [6, 6.07) is 7.93. The van der Waals surface area contributed by atoms with Gasteiger partial charge in [-0.15, -0.1) is 0 Å². The molecule has 2 rings (SSSR count). The first-order valence-corrected chi connectivity index (χ1v) is 7.09.